The lowest BCUT2D eigenvalue weighted by Gasteiger charge is -2.17. The van der Waals surface area contributed by atoms with Crippen molar-refractivity contribution in [2.24, 2.45) is 0 Å². The minimum atomic E-state index is -0.961. The molecule has 0 aromatic heterocycles. The molecule has 0 aliphatic carbocycles. The second kappa shape index (κ2) is 7.93. The molecule has 1 aromatic rings. The van der Waals surface area contributed by atoms with Gasteiger partial charge in [0.05, 0.1) is 0 Å². The molecule has 0 bridgehead atoms. The molecule has 0 heterocycles. The minimum absolute atomic E-state index is 0.0776. The van der Waals surface area contributed by atoms with Gasteiger partial charge in [0.15, 0.2) is 0 Å². The van der Waals surface area contributed by atoms with E-state index in [9.17, 15) is 5.11 Å². The van der Waals surface area contributed by atoms with Crippen molar-refractivity contribution in [3.63, 3.8) is 0 Å². The van der Waals surface area contributed by atoms with Gasteiger partial charge in [0.2, 0.25) is 0 Å². The number of aliphatic hydroxyl groups excluding tert-OH is 1. The normalized spacial score (nSPS) is 12.5. The summed E-state index contributed by atoms with van der Waals surface area (Å²) in [6.45, 7) is 6.65. The van der Waals surface area contributed by atoms with Crippen molar-refractivity contribution in [1.82, 2.24) is 0 Å². The quantitative estimate of drug-likeness (QED) is 0.734. The summed E-state index contributed by atoms with van der Waals surface area (Å²) in [6, 6.07) is 8.70. The molecular formula is C15H25AlO. The van der Waals surface area contributed by atoms with Crippen molar-refractivity contribution >= 4 is 18.6 Å². The van der Waals surface area contributed by atoms with Gasteiger partial charge in [0.1, 0.15) is 0 Å². The van der Waals surface area contributed by atoms with Crippen LogP contribution in [0.2, 0.25) is 10.6 Å². The highest BCUT2D eigenvalue weighted by Gasteiger charge is 2.22. The van der Waals surface area contributed by atoms with Crippen LogP contribution >= 0.6 is 0 Å². The third-order valence-corrected chi connectivity index (χ3v) is 7.19. The van der Waals surface area contributed by atoms with Gasteiger partial charge in [-0.3, -0.25) is 0 Å². The molecule has 1 N–H and O–H groups in total. The Bertz CT molecular complexity index is 324. The van der Waals surface area contributed by atoms with E-state index in [2.05, 4.69) is 45.0 Å². The Balaban J connectivity index is 2.62. The second-order valence-electron chi connectivity index (χ2n) is 4.99. The number of aliphatic hydroxyl groups is 1. The van der Waals surface area contributed by atoms with E-state index >= 15 is 0 Å². The molecule has 1 atom stereocenters. The van der Waals surface area contributed by atoms with E-state index < -0.39 is 14.1 Å². The number of unbranched alkanes of at least 4 members (excludes halogenated alkanes) is 1. The highest BCUT2D eigenvalue weighted by molar-refractivity contribution is 6.73. The summed E-state index contributed by atoms with van der Waals surface area (Å²) in [5, 5.41) is 12.4. The molecule has 1 unspecified atom stereocenters. The Morgan fingerprint density at radius 1 is 1.24 bits per heavy atom. The molecule has 0 saturated carbocycles. The first-order chi connectivity index (χ1) is 8.19. The van der Waals surface area contributed by atoms with Crippen LogP contribution in [0.25, 0.3) is 0 Å². The maximum atomic E-state index is 10.1. The van der Waals surface area contributed by atoms with Gasteiger partial charge in [0, 0.05) is 6.10 Å². The zero-order chi connectivity index (χ0) is 12.7. The van der Waals surface area contributed by atoms with E-state index in [1.54, 1.807) is 4.43 Å². The lowest BCUT2D eigenvalue weighted by Crippen LogP contribution is -2.34. The van der Waals surface area contributed by atoms with Gasteiger partial charge in [-0.25, -0.2) is 0 Å². The molecule has 1 nitrogen and oxygen atoms in total. The maximum Gasteiger partial charge on any atom is 0.308 e. The molecular weight excluding hydrogens is 223 g/mol. The van der Waals surface area contributed by atoms with Crippen LogP contribution in [0.4, 0.5) is 0 Å². The number of aryl methyl sites for hydroxylation is 1. The molecule has 94 valence electrons. The van der Waals surface area contributed by atoms with Gasteiger partial charge >= 0.3 is 14.1 Å². The van der Waals surface area contributed by atoms with Crippen molar-refractivity contribution < 1.29 is 5.11 Å². The second-order valence-corrected chi connectivity index (χ2v) is 8.30. The number of benzene rings is 1. The lowest BCUT2D eigenvalue weighted by molar-refractivity contribution is 0.180. The van der Waals surface area contributed by atoms with Gasteiger partial charge in [0.25, 0.3) is 0 Å². The van der Waals surface area contributed by atoms with Crippen LogP contribution in [0.15, 0.2) is 24.3 Å². The third kappa shape index (κ3) is 4.84. The van der Waals surface area contributed by atoms with Crippen molar-refractivity contribution in [2.75, 3.05) is 0 Å². The predicted molar refractivity (Wildman–Crippen MR) is 77.4 cm³/mol. The van der Waals surface area contributed by atoms with Gasteiger partial charge in [-0.05, 0) is 13.3 Å². The maximum absolute atomic E-state index is 10.1. The molecule has 0 aliphatic heterocycles. The standard InChI is InChI=1S/C7H7.C6H13O.C2H5.Al/c1-7-5-3-2-4-6-7;1-3-4-5-6(2)7;1-2;/h2-5H,1H3;6-7H,2-5H2,1H3;1H2,2H3;. The zero-order valence-electron chi connectivity index (χ0n) is 11.4. The van der Waals surface area contributed by atoms with Crippen LogP contribution in [0.3, 0.4) is 0 Å². The fourth-order valence-corrected chi connectivity index (χ4v) is 5.49. The highest BCUT2D eigenvalue weighted by atomic mass is 27.2. The fraction of sp³-hybridized carbons (Fsp3) is 0.600. The summed E-state index contributed by atoms with van der Waals surface area (Å²) in [6.07, 6.45) is 3.23. The van der Waals surface area contributed by atoms with Crippen molar-refractivity contribution in [1.29, 1.82) is 0 Å². The Morgan fingerprint density at radius 2 is 1.94 bits per heavy atom. The average molecular weight is 248 g/mol. The van der Waals surface area contributed by atoms with Crippen LogP contribution in [0, 0.1) is 6.92 Å². The molecule has 0 radical (unpaired) electrons. The zero-order valence-corrected chi connectivity index (χ0v) is 12.6. The monoisotopic (exact) mass is 248 g/mol. The van der Waals surface area contributed by atoms with E-state index in [0.29, 0.717) is 0 Å². The van der Waals surface area contributed by atoms with Crippen LogP contribution < -0.4 is 4.43 Å². The SMILES string of the molecule is CCCCC(O)[CH2][Al]([CH2]C)[c]1ccccc1C. The molecule has 1 aromatic carbocycles. The highest BCUT2D eigenvalue weighted by Crippen LogP contribution is 2.11. The topological polar surface area (TPSA) is 20.2 Å². The summed E-state index contributed by atoms with van der Waals surface area (Å²) < 4.78 is 1.55. The van der Waals surface area contributed by atoms with Gasteiger partial charge < -0.3 is 5.11 Å². The molecule has 0 spiro atoms. The van der Waals surface area contributed by atoms with Gasteiger partial charge in [-0.2, -0.15) is 0 Å². The van der Waals surface area contributed by atoms with E-state index in [1.165, 1.54) is 17.3 Å². The van der Waals surface area contributed by atoms with E-state index in [-0.39, 0.29) is 6.10 Å². The van der Waals surface area contributed by atoms with Crippen molar-refractivity contribution in [3.05, 3.63) is 29.8 Å². The van der Waals surface area contributed by atoms with E-state index in [0.717, 1.165) is 18.1 Å². The molecule has 0 amide bonds. The van der Waals surface area contributed by atoms with E-state index in [4.69, 9.17) is 0 Å². The molecule has 0 aliphatic rings. The molecule has 1 rings (SSSR count). The van der Waals surface area contributed by atoms with Crippen molar-refractivity contribution in [2.45, 2.75) is 56.7 Å². The molecule has 2 heteroatoms. The molecule has 17 heavy (non-hydrogen) atoms. The smallest absolute Gasteiger partial charge is 0.308 e. The van der Waals surface area contributed by atoms with Crippen LogP contribution in [-0.4, -0.2) is 25.4 Å². The van der Waals surface area contributed by atoms with Crippen LogP contribution in [0.5, 0.6) is 0 Å². The summed E-state index contributed by atoms with van der Waals surface area (Å²) >= 11 is -0.961. The first kappa shape index (κ1) is 14.8. The van der Waals surface area contributed by atoms with Crippen LogP contribution in [0.1, 0.15) is 38.7 Å². The lowest BCUT2D eigenvalue weighted by atomic mass is 10.2. The fourth-order valence-electron chi connectivity index (χ4n) is 2.44. The van der Waals surface area contributed by atoms with Gasteiger partial charge in [-0.15, -0.1) is 4.43 Å². The summed E-state index contributed by atoms with van der Waals surface area (Å²) in [5.41, 5.74) is 1.41. The summed E-state index contributed by atoms with van der Waals surface area (Å²) in [5.74, 6) is 0. The number of rotatable bonds is 7. The Labute approximate surface area is 110 Å². The Kier molecular flexibility index (Phi) is 6.89. The largest absolute Gasteiger partial charge is 0.394 e. The Hall–Kier alpha value is -0.288. The first-order valence-electron chi connectivity index (χ1n) is 6.92. The van der Waals surface area contributed by atoms with Crippen molar-refractivity contribution in [3.8, 4) is 0 Å². The first-order valence-corrected chi connectivity index (χ1v) is 9.13. The Morgan fingerprint density at radius 3 is 2.53 bits per heavy atom. The predicted octanol–water partition coefficient (Wildman–Crippen LogP) is 3.27. The number of hydrogen-bond acceptors (Lipinski definition) is 1. The number of hydrogen-bond donors (Lipinski definition) is 1. The molecule has 0 saturated heterocycles. The average Bonchev–Trinajstić information content (AvgIpc) is 2.34. The minimum Gasteiger partial charge on any atom is -0.394 e. The summed E-state index contributed by atoms with van der Waals surface area (Å²) in [7, 11) is 0. The summed E-state index contributed by atoms with van der Waals surface area (Å²) in [4.78, 5) is 0. The van der Waals surface area contributed by atoms with Crippen LogP contribution in [-0.2, 0) is 0 Å². The molecule has 0 fully saturated rings. The third-order valence-electron chi connectivity index (χ3n) is 3.57. The van der Waals surface area contributed by atoms with E-state index in [1.807, 2.05) is 0 Å². The van der Waals surface area contributed by atoms with Gasteiger partial charge in [-0.1, -0.05) is 67.1 Å².